The minimum absolute atomic E-state index is 0.00613. The molecule has 1 aromatic carbocycles. The van der Waals surface area contributed by atoms with E-state index in [4.69, 9.17) is 14.6 Å². The van der Waals surface area contributed by atoms with E-state index in [-0.39, 0.29) is 24.3 Å². The Labute approximate surface area is 129 Å². The third-order valence-corrected chi connectivity index (χ3v) is 4.12. The van der Waals surface area contributed by atoms with E-state index in [0.29, 0.717) is 24.5 Å². The number of ether oxygens (including phenoxy) is 2. The fourth-order valence-corrected chi connectivity index (χ4v) is 2.92. The second-order valence-electron chi connectivity index (χ2n) is 5.32. The highest BCUT2D eigenvalue weighted by atomic mass is 16.5. The molecule has 0 unspecified atom stereocenters. The summed E-state index contributed by atoms with van der Waals surface area (Å²) in [6.45, 7) is 2.25. The number of carbonyl (C=O) groups is 2. The van der Waals surface area contributed by atoms with Crippen molar-refractivity contribution in [2.45, 2.75) is 32.4 Å². The molecule has 1 aromatic rings. The van der Waals surface area contributed by atoms with Gasteiger partial charge in [-0.15, -0.1) is 0 Å². The summed E-state index contributed by atoms with van der Waals surface area (Å²) in [5.74, 6) is 0.222. The molecule has 22 heavy (non-hydrogen) atoms. The molecule has 0 saturated carbocycles. The summed E-state index contributed by atoms with van der Waals surface area (Å²) >= 11 is 0. The predicted octanol–water partition coefficient (Wildman–Crippen LogP) is 1.92. The Bertz CT molecular complexity index is 572. The number of hydrogen-bond acceptors (Lipinski definition) is 4. The van der Waals surface area contributed by atoms with Crippen molar-refractivity contribution in [2.75, 3.05) is 14.2 Å². The van der Waals surface area contributed by atoms with E-state index in [1.807, 2.05) is 13.0 Å². The standard InChI is InChI=1S/C16H21NO5/c1-4-12-13(8-15(18)19)17(16(12)20)9-10-5-6-11(21-2)7-14(10)22-3/h5-7,12-13H,4,8-9H2,1-3H3,(H,18,19)/t12-,13-/m0/s1. The molecule has 1 fully saturated rings. The van der Waals surface area contributed by atoms with Crippen LogP contribution in [0.5, 0.6) is 11.5 Å². The summed E-state index contributed by atoms with van der Waals surface area (Å²) in [6, 6.07) is 5.14. The monoisotopic (exact) mass is 307 g/mol. The third kappa shape index (κ3) is 3.00. The summed E-state index contributed by atoms with van der Waals surface area (Å²) in [7, 11) is 3.13. The average molecular weight is 307 g/mol. The van der Waals surface area contributed by atoms with Crippen LogP contribution in [0, 0.1) is 5.92 Å². The zero-order valence-corrected chi connectivity index (χ0v) is 13.0. The molecule has 0 bridgehead atoms. The van der Waals surface area contributed by atoms with E-state index < -0.39 is 5.97 Å². The normalized spacial score (nSPS) is 20.5. The molecule has 1 amide bonds. The number of hydrogen-bond donors (Lipinski definition) is 1. The Morgan fingerprint density at radius 1 is 1.32 bits per heavy atom. The highest BCUT2D eigenvalue weighted by Gasteiger charge is 2.46. The molecule has 1 aliphatic heterocycles. The summed E-state index contributed by atoms with van der Waals surface area (Å²) in [6.07, 6.45) is 0.635. The molecule has 6 heteroatoms. The van der Waals surface area contributed by atoms with Crippen LogP contribution in [0.3, 0.4) is 0 Å². The first-order valence-corrected chi connectivity index (χ1v) is 7.25. The molecular weight excluding hydrogens is 286 g/mol. The second kappa shape index (κ2) is 6.68. The smallest absolute Gasteiger partial charge is 0.305 e. The number of carboxylic acid groups (broad SMARTS) is 1. The number of methoxy groups -OCH3 is 2. The van der Waals surface area contributed by atoms with Crippen molar-refractivity contribution < 1.29 is 24.2 Å². The number of rotatable bonds is 7. The van der Waals surface area contributed by atoms with Crippen molar-refractivity contribution in [1.29, 1.82) is 0 Å². The van der Waals surface area contributed by atoms with Crippen LogP contribution in [-0.4, -0.2) is 42.1 Å². The molecule has 2 atom stereocenters. The number of carboxylic acids is 1. The first-order valence-electron chi connectivity index (χ1n) is 7.25. The minimum atomic E-state index is -0.886. The van der Waals surface area contributed by atoms with E-state index in [2.05, 4.69) is 0 Å². The van der Waals surface area contributed by atoms with Crippen LogP contribution in [0.25, 0.3) is 0 Å². The van der Waals surface area contributed by atoms with Gasteiger partial charge in [-0.3, -0.25) is 9.59 Å². The molecule has 1 heterocycles. The van der Waals surface area contributed by atoms with Crippen LogP contribution >= 0.6 is 0 Å². The Hall–Kier alpha value is -2.24. The molecule has 0 aromatic heterocycles. The lowest BCUT2D eigenvalue weighted by atomic mass is 9.82. The van der Waals surface area contributed by atoms with Crippen molar-refractivity contribution >= 4 is 11.9 Å². The van der Waals surface area contributed by atoms with Gasteiger partial charge in [-0.2, -0.15) is 0 Å². The Kier molecular flexibility index (Phi) is 4.90. The quantitative estimate of drug-likeness (QED) is 0.779. The topological polar surface area (TPSA) is 76.1 Å². The first-order chi connectivity index (χ1) is 10.5. The van der Waals surface area contributed by atoms with Gasteiger partial charge in [0.15, 0.2) is 0 Å². The molecule has 120 valence electrons. The SMILES string of the molecule is CC[C@@H]1C(=O)N(Cc2ccc(OC)cc2OC)[C@H]1CC(=O)O. The lowest BCUT2D eigenvalue weighted by Crippen LogP contribution is -2.60. The molecular formula is C16H21NO5. The molecule has 1 aliphatic rings. The summed E-state index contributed by atoms with van der Waals surface area (Å²) in [5, 5.41) is 9.02. The number of likely N-dealkylation sites (tertiary alicyclic amines) is 1. The maximum atomic E-state index is 12.2. The number of carbonyl (C=O) groups excluding carboxylic acids is 1. The Morgan fingerprint density at radius 3 is 2.59 bits per heavy atom. The average Bonchev–Trinajstić information content (AvgIpc) is 2.52. The zero-order chi connectivity index (χ0) is 16.3. The van der Waals surface area contributed by atoms with E-state index in [1.165, 1.54) is 0 Å². The van der Waals surface area contributed by atoms with Gasteiger partial charge >= 0.3 is 5.97 Å². The lowest BCUT2D eigenvalue weighted by molar-refractivity contribution is -0.161. The van der Waals surface area contributed by atoms with Gasteiger partial charge in [0.2, 0.25) is 5.91 Å². The number of benzene rings is 1. The van der Waals surface area contributed by atoms with Crippen molar-refractivity contribution in [1.82, 2.24) is 4.90 Å². The molecule has 1 saturated heterocycles. The molecule has 6 nitrogen and oxygen atoms in total. The predicted molar refractivity (Wildman–Crippen MR) is 79.9 cm³/mol. The van der Waals surface area contributed by atoms with Gasteiger partial charge in [-0.25, -0.2) is 0 Å². The second-order valence-corrected chi connectivity index (χ2v) is 5.32. The Morgan fingerprint density at radius 2 is 2.05 bits per heavy atom. The fourth-order valence-electron chi connectivity index (χ4n) is 2.92. The molecule has 0 spiro atoms. The van der Waals surface area contributed by atoms with Gasteiger partial charge in [-0.1, -0.05) is 6.92 Å². The van der Waals surface area contributed by atoms with Crippen molar-refractivity contribution in [3.8, 4) is 11.5 Å². The van der Waals surface area contributed by atoms with Crippen molar-refractivity contribution in [2.24, 2.45) is 5.92 Å². The van der Waals surface area contributed by atoms with E-state index in [9.17, 15) is 9.59 Å². The van der Waals surface area contributed by atoms with E-state index in [0.717, 1.165) is 5.56 Å². The van der Waals surface area contributed by atoms with Crippen molar-refractivity contribution in [3.05, 3.63) is 23.8 Å². The molecule has 1 N–H and O–H groups in total. The number of amides is 1. The van der Waals surface area contributed by atoms with Gasteiger partial charge in [0.1, 0.15) is 11.5 Å². The molecule has 0 aliphatic carbocycles. The zero-order valence-electron chi connectivity index (χ0n) is 13.0. The van der Waals surface area contributed by atoms with E-state index >= 15 is 0 Å². The third-order valence-electron chi connectivity index (χ3n) is 4.12. The maximum absolute atomic E-state index is 12.2. The van der Waals surface area contributed by atoms with Crippen LogP contribution in [-0.2, 0) is 16.1 Å². The largest absolute Gasteiger partial charge is 0.497 e. The van der Waals surface area contributed by atoms with Gasteiger partial charge < -0.3 is 19.5 Å². The van der Waals surface area contributed by atoms with Crippen molar-refractivity contribution in [3.63, 3.8) is 0 Å². The van der Waals surface area contributed by atoms with Gasteiger partial charge in [0.05, 0.1) is 32.6 Å². The maximum Gasteiger partial charge on any atom is 0.305 e. The number of nitrogens with zero attached hydrogens (tertiary/aromatic N) is 1. The number of β-lactam (4-membered cyclic amide) rings is 1. The minimum Gasteiger partial charge on any atom is -0.497 e. The van der Waals surface area contributed by atoms with Crippen LogP contribution < -0.4 is 9.47 Å². The summed E-state index contributed by atoms with van der Waals surface area (Å²) < 4.78 is 10.5. The van der Waals surface area contributed by atoms with Crippen LogP contribution in [0.2, 0.25) is 0 Å². The summed E-state index contributed by atoms with van der Waals surface area (Å²) in [4.78, 5) is 24.8. The Balaban J connectivity index is 2.18. The fraction of sp³-hybridized carbons (Fsp3) is 0.500. The number of aliphatic carboxylic acids is 1. The van der Waals surface area contributed by atoms with E-state index in [1.54, 1.807) is 31.3 Å². The van der Waals surface area contributed by atoms with Crippen LogP contribution in [0.15, 0.2) is 18.2 Å². The van der Waals surface area contributed by atoms with Gasteiger partial charge in [0, 0.05) is 18.2 Å². The molecule has 0 radical (unpaired) electrons. The molecule has 2 rings (SSSR count). The highest BCUT2D eigenvalue weighted by Crippen LogP contribution is 2.35. The summed E-state index contributed by atoms with van der Waals surface area (Å²) in [5.41, 5.74) is 0.835. The van der Waals surface area contributed by atoms with Crippen LogP contribution in [0.4, 0.5) is 0 Å². The lowest BCUT2D eigenvalue weighted by Gasteiger charge is -2.46. The highest BCUT2D eigenvalue weighted by molar-refractivity contribution is 5.87. The van der Waals surface area contributed by atoms with Gasteiger partial charge in [-0.05, 0) is 18.6 Å². The first kappa shape index (κ1) is 16.1. The van der Waals surface area contributed by atoms with Gasteiger partial charge in [0.25, 0.3) is 0 Å². The van der Waals surface area contributed by atoms with Crippen LogP contribution in [0.1, 0.15) is 25.3 Å².